The maximum Gasteiger partial charge on any atom is 0.314 e. The second-order valence-corrected chi connectivity index (χ2v) is 4.03. The summed E-state index contributed by atoms with van der Waals surface area (Å²) in [5.74, 6) is 0.676. The number of morpholine rings is 1. The monoisotopic (exact) mass is 251 g/mol. The fourth-order valence-electron chi connectivity index (χ4n) is 1.80. The van der Waals surface area contributed by atoms with Crippen LogP contribution in [0.15, 0.2) is 24.3 Å². The molecule has 0 spiro atoms. The summed E-state index contributed by atoms with van der Waals surface area (Å²) >= 11 is 0. The second-order valence-electron chi connectivity index (χ2n) is 4.03. The van der Waals surface area contributed by atoms with Gasteiger partial charge >= 0.3 is 5.97 Å². The van der Waals surface area contributed by atoms with Gasteiger partial charge in [-0.15, -0.1) is 0 Å². The van der Waals surface area contributed by atoms with Crippen molar-refractivity contribution in [3.63, 3.8) is 0 Å². The third-order valence-corrected chi connectivity index (χ3v) is 2.69. The van der Waals surface area contributed by atoms with Gasteiger partial charge in [-0.05, 0) is 12.1 Å². The first-order chi connectivity index (χ1) is 8.79. The van der Waals surface area contributed by atoms with Crippen molar-refractivity contribution in [1.82, 2.24) is 5.32 Å². The Labute approximate surface area is 106 Å². The summed E-state index contributed by atoms with van der Waals surface area (Å²) in [4.78, 5) is 11.8. The van der Waals surface area contributed by atoms with E-state index < -0.39 is 0 Å². The fraction of sp³-hybridized carbons (Fsp3) is 0.462. The van der Waals surface area contributed by atoms with Crippen molar-refractivity contribution in [3.05, 3.63) is 24.3 Å². The lowest BCUT2D eigenvalue weighted by Gasteiger charge is -2.22. The molecular weight excluding hydrogens is 234 g/mol. The number of ether oxygens (including phenoxy) is 3. The first kappa shape index (κ1) is 12.9. The Morgan fingerprint density at radius 2 is 2.22 bits per heavy atom. The average molecular weight is 251 g/mol. The molecule has 0 radical (unpaired) electrons. The van der Waals surface area contributed by atoms with Gasteiger partial charge in [-0.3, -0.25) is 4.79 Å². The number of hydrogen-bond acceptors (Lipinski definition) is 5. The quantitative estimate of drug-likeness (QED) is 0.638. The van der Waals surface area contributed by atoms with E-state index in [2.05, 4.69) is 5.32 Å². The molecule has 1 aromatic rings. The van der Waals surface area contributed by atoms with E-state index in [1.54, 1.807) is 25.3 Å². The Kier molecular flexibility index (Phi) is 4.55. The lowest BCUT2D eigenvalue weighted by molar-refractivity contribution is -0.138. The maximum absolute atomic E-state index is 11.8. The van der Waals surface area contributed by atoms with Crippen molar-refractivity contribution in [2.45, 2.75) is 12.5 Å². The molecule has 1 aliphatic heterocycles. The van der Waals surface area contributed by atoms with Gasteiger partial charge in [0.25, 0.3) is 0 Å². The zero-order valence-electron chi connectivity index (χ0n) is 10.3. The zero-order valence-corrected chi connectivity index (χ0v) is 10.3. The third kappa shape index (κ3) is 3.45. The van der Waals surface area contributed by atoms with Crippen LogP contribution < -0.4 is 14.8 Å². The second kappa shape index (κ2) is 6.37. The Balaban J connectivity index is 1.90. The molecule has 1 atom stereocenters. The van der Waals surface area contributed by atoms with Crippen LogP contribution in [-0.4, -0.2) is 38.9 Å². The lowest BCUT2D eigenvalue weighted by atomic mass is 10.2. The van der Waals surface area contributed by atoms with Gasteiger partial charge in [-0.25, -0.2) is 0 Å². The highest BCUT2D eigenvalue weighted by Crippen LogP contribution is 2.26. The molecule has 1 fully saturated rings. The van der Waals surface area contributed by atoms with Crippen LogP contribution in [0.5, 0.6) is 11.5 Å². The molecule has 1 aromatic carbocycles. The molecule has 1 heterocycles. The van der Waals surface area contributed by atoms with Crippen LogP contribution in [0.2, 0.25) is 0 Å². The highest BCUT2D eigenvalue weighted by Gasteiger charge is 2.19. The molecule has 1 N–H and O–H groups in total. The zero-order chi connectivity index (χ0) is 12.8. The molecule has 0 saturated carbocycles. The summed E-state index contributed by atoms with van der Waals surface area (Å²) in [6, 6.07) is 7.08. The number of rotatable bonds is 4. The van der Waals surface area contributed by atoms with Crippen molar-refractivity contribution in [2.75, 3.05) is 26.8 Å². The Morgan fingerprint density at radius 1 is 1.44 bits per heavy atom. The van der Waals surface area contributed by atoms with E-state index in [9.17, 15) is 4.79 Å². The molecule has 5 heteroatoms. The van der Waals surface area contributed by atoms with Crippen molar-refractivity contribution in [2.24, 2.45) is 0 Å². The number of esters is 1. The van der Waals surface area contributed by atoms with Crippen molar-refractivity contribution < 1.29 is 19.0 Å². The Bertz CT molecular complexity index is 402. The minimum atomic E-state index is -0.312. The summed E-state index contributed by atoms with van der Waals surface area (Å²) in [5.41, 5.74) is 0. The number of hydrogen-bond donors (Lipinski definition) is 1. The van der Waals surface area contributed by atoms with E-state index in [0.717, 1.165) is 6.54 Å². The standard InChI is InChI=1S/C13H17NO4/c1-16-11-4-2-3-5-12(11)18-13(15)8-10-9-14-6-7-17-10/h2-5,10,14H,6-9H2,1H3. The summed E-state index contributed by atoms with van der Waals surface area (Å²) in [6.45, 7) is 2.14. The molecular formula is C13H17NO4. The third-order valence-electron chi connectivity index (χ3n) is 2.69. The predicted octanol–water partition coefficient (Wildman–Crippen LogP) is 0.979. The van der Waals surface area contributed by atoms with E-state index in [1.807, 2.05) is 6.07 Å². The van der Waals surface area contributed by atoms with Crippen LogP contribution in [0, 0.1) is 0 Å². The molecule has 1 aliphatic rings. The molecule has 0 bridgehead atoms. The first-order valence-electron chi connectivity index (χ1n) is 5.95. The Hall–Kier alpha value is -1.59. The van der Waals surface area contributed by atoms with Gasteiger partial charge in [0.05, 0.1) is 26.2 Å². The minimum absolute atomic E-state index is 0.110. The number of carbonyl (C=O) groups excluding carboxylic acids is 1. The molecule has 98 valence electrons. The van der Waals surface area contributed by atoms with Gasteiger partial charge in [0.2, 0.25) is 0 Å². The van der Waals surface area contributed by atoms with Gasteiger partial charge in [0.1, 0.15) is 0 Å². The molecule has 1 unspecified atom stereocenters. The summed E-state index contributed by atoms with van der Waals surface area (Å²) in [6.07, 6.45) is 0.131. The topological polar surface area (TPSA) is 56.8 Å². The van der Waals surface area contributed by atoms with Gasteiger partial charge in [0, 0.05) is 13.1 Å². The van der Waals surface area contributed by atoms with E-state index in [1.165, 1.54) is 0 Å². The van der Waals surface area contributed by atoms with E-state index in [0.29, 0.717) is 24.7 Å². The SMILES string of the molecule is COc1ccccc1OC(=O)CC1CNCCO1. The number of methoxy groups -OCH3 is 1. The van der Waals surface area contributed by atoms with Crippen molar-refractivity contribution >= 4 is 5.97 Å². The van der Waals surface area contributed by atoms with Crippen LogP contribution in [0.3, 0.4) is 0 Å². The number of benzene rings is 1. The lowest BCUT2D eigenvalue weighted by Crippen LogP contribution is -2.40. The molecule has 0 aliphatic carbocycles. The molecule has 5 nitrogen and oxygen atoms in total. The van der Waals surface area contributed by atoms with E-state index >= 15 is 0 Å². The van der Waals surface area contributed by atoms with E-state index in [-0.39, 0.29) is 18.5 Å². The van der Waals surface area contributed by atoms with Crippen molar-refractivity contribution in [3.8, 4) is 11.5 Å². The first-order valence-corrected chi connectivity index (χ1v) is 5.95. The van der Waals surface area contributed by atoms with Crippen LogP contribution in [0.1, 0.15) is 6.42 Å². The van der Waals surface area contributed by atoms with Gasteiger partial charge in [0.15, 0.2) is 11.5 Å². The van der Waals surface area contributed by atoms with Crippen LogP contribution >= 0.6 is 0 Å². The van der Waals surface area contributed by atoms with Crippen LogP contribution in [-0.2, 0) is 9.53 Å². The van der Waals surface area contributed by atoms with Gasteiger partial charge < -0.3 is 19.5 Å². The minimum Gasteiger partial charge on any atom is -0.493 e. The number of nitrogens with one attached hydrogen (secondary N) is 1. The summed E-state index contributed by atoms with van der Waals surface area (Å²) in [7, 11) is 1.54. The number of carbonyl (C=O) groups is 1. The Morgan fingerprint density at radius 3 is 2.89 bits per heavy atom. The largest absolute Gasteiger partial charge is 0.493 e. The highest BCUT2D eigenvalue weighted by atomic mass is 16.6. The maximum atomic E-state index is 11.8. The number of para-hydroxylation sites is 2. The van der Waals surface area contributed by atoms with Crippen molar-refractivity contribution in [1.29, 1.82) is 0 Å². The fourth-order valence-corrected chi connectivity index (χ4v) is 1.80. The summed E-state index contributed by atoms with van der Waals surface area (Å²) < 4.78 is 15.8. The predicted molar refractivity (Wildman–Crippen MR) is 65.9 cm³/mol. The van der Waals surface area contributed by atoms with Crippen LogP contribution in [0.25, 0.3) is 0 Å². The van der Waals surface area contributed by atoms with Crippen LogP contribution in [0.4, 0.5) is 0 Å². The molecule has 0 aromatic heterocycles. The molecule has 1 saturated heterocycles. The van der Waals surface area contributed by atoms with Gasteiger partial charge in [-0.2, -0.15) is 0 Å². The summed E-state index contributed by atoms with van der Waals surface area (Å²) in [5, 5.41) is 3.17. The molecule has 2 rings (SSSR count). The highest BCUT2D eigenvalue weighted by molar-refractivity contribution is 5.73. The normalized spacial score (nSPS) is 19.3. The molecule has 0 amide bonds. The van der Waals surface area contributed by atoms with E-state index in [4.69, 9.17) is 14.2 Å². The average Bonchev–Trinajstić information content (AvgIpc) is 2.40. The smallest absolute Gasteiger partial charge is 0.314 e. The van der Waals surface area contributed by atoms with Gasteiger partial charge in [-0.1, -0.05) is 12.1 Å². The molecule has 18 heavy (non-hydrogen) atoms.